The van der Waals surface area contributed by atoms with Crippen molar-refractivity contribution in [2.45, 2.75) is 45.6 Å². The third-order valence-corrected chi connectivity index (χ3v) is 5.22. The first-order valence-electron chi connectivity index (χ1n) is 7.31. The molecule has 2 aromatic heterocycles. The predicted octanol–water partition coefficient (Wildman–Crippen LogP) is 3.33. The zero-order valence-corrected chi connectivity index (χ0v) is 13.5. The number of carbonyl (C=O) groups excluding carboxylic acids is 1. The van der Waals surface area contributed by atoms with Crippen molar-refractivity contribution in [3.05, 3.63) is 11.8 Å². The van der Waals surface area contributed by atoms with E-state index < -0.39 is 0 Å². The monoisotopic (exact) mass is 307 g/mol. The van der Waals surface area contributed by atoms with Crippen LogP contribution < -0.4 is 10.1 Å². The minimum absolute atomic E-state index is 0.0381. The zero-order chi connectivity index (χ0) is 15.0. The summed E-state index contributed by atoms with van der Waals surface area (Å²) < 4.78 is 6.03. The lowest BCUT2D eigenvalue weighted by atomic mass is 9.75. The van der Waals surface area contributed by atoms with Crippen LogP contribution in [0, 0.1) is 5.41 Å². The predicted molar refractivity (Wildman–Crippen MR) is 84.0 cm³/mol. The maximum Gasteiger partial charge on any atom is 0.275 e. The van der Waals surface area contributed by atoms with Crippen LogP contribution in [0.15, 0.2) is 6.07 Å². The summed E-state index contributed by atoms with van der Waals surface area (Å²) in [4.78, 5) is 19.6. The van der Waals surface area contributed by atoms with Crippen LogP contribution in [0.3, 0.4) is 0 Å². The Kier molecular flexibility index (Phi) is 3.65. The van der Waals surface area contributed by atoms with Gasteiger partial charge < -0.3 is 15.0 Å². The van der Waals surface area contributed by atoms with E-state index in [9.17, 15) is 4.79 Å². The highest BCUT2D eigenvalue weighted by atomic mass is 32.1. The molecule has 0 aliphatic heterocycles. The highest BCUT2D eigenvalue weighted by molar-refractivity contribution is 7.20. The number of nitrogens with zero attached hydrogens (tertiary/aromatic N) is 1. The summed E-state index contributed by atoms with van der Waals surface area (Å²) in [6, 6.07) is 2.13. The van der Waals surface area contributed by atoms with Gasteiger partial charge in [-0.05, 0) is 37.2 Å². The minimum Gasteiger partial charge on any atom is -0.473 e. The second kappa shape index (κ2) is 5.33. The van der Waals surface area contributed by atoms with Crippen molar-refractivity contribution >= 4 is 27.6 Å². The van der Waals surface area contributed by atoms with Gasteiger partial charge in [-0.15, -0.1) is 0 Å². The summed E-state index contributed by atoms with van der Waals surface area (Å²) >= 11 is 1.44. The number of methoxy groups -OCH3 is 1. The van der Waals surface area contributed by atoms with Crippen molar-refractivity contribution in [2.24, 2.45) is 5.41 Å². The van der Waals surface area contributed by atoms with Gasteiger partial charge >= 0.3 is 0 Å². The lowest BCUT2D eigenvalue weighted by Gasteiger charge is -2.34. The first-order valence-corrected chi connectivity index (χ1v) is 8.13. The molecule has 0 bridgehead atoms. The van der Waals surface area contributed by atoms with Crippen LogP contribution in [0.2, 0.25) is 0 Å². The number of fused-ring (bicyclic) bond motifs is 1. The Morgan fingerprint density at radius 3 is 2.81 bits per heavy atom. The maximum absolute atomic E-state index is 12.3. The molecule has 1 amide bonds. The number of rotatable bonds is 3. The average molecular weight is 307 g/mol. The zero-order valence-electron chi connectivity index (χ0n) is 12.7. The Balaban J connectivity index is 1.65. The lowest BCUT2D eigenvalue weighted by Crippen LogP contribution is -2.39. The summed E-state index contributed by atoms with van der Waals surface area (Å²) in [6.45, 7) is 4.59. The van der Waals surface area contributed by atoms with Gasteiger partial charge in [-0.2, -0.15) is 4.98 Å². The molecule has 2 N–H and O–H groups in total. The van der Waals surface area contributed by atoms with Gasteiger partial charge in [-0.25, -0.2) is 0 Å². The van der Waals surface area contributed by atoms with Crippen molar-refractivity contribution in [1.82, 2.24) is 15.3 Å². The van der Waals surface area contributed by atoms with Crippen LogP contribution in [0.25, 0.3) is 10.3 Å². The topological polar surface area (TPSA) is 67.0 Å². The lowest BCUT2D eigenvalue weighted by molar-refractivity contribution is 0.0905. The molecule has 3 rings (SSSR count). The van der Waals surface area contributed by atoms with Gasteiger partial charge in [-0.3, -0.25) is 4.79 Å². The Labute approximate surface area is 128 Å². The van der Waals surface area contributed by atoms with Crippen molar-refractivity contribution in [2.75, 3.05) is 7.11 Å². The molecule has 21 heavy (non-hydrogen) atoms. The van der Waals surface area contributed by atoms with E-state index in [1.54, 1.807) is 7.11 Å². The van der Waals surface area contributed by atoms with Crippen LogP contribution in [0.5, 0.6) is 5.19 Å². The molecule has 0 atom stereocenters. The van der Waals surface area contributed by atoms with Crippen LogP contribution >= 0.6 is 11.3 Å². The number of hydrogen-bond acceptors (Lipinski definition) is 4. The van der Waals surface area contributed by atoms with Crippen LogP contribution in [0.4, 0.5) is 0 Å². The third-order valence-electron chi connectivity index (χ3n) is 4.26. The Hall–Kier alpha value is -1.56. The van der Waals surface area contributed by atoms with E-state index in [0.717, 1.165) is 30.4 Å². The van der Waals surface area contributed by atoms with Gasteiger partial charge in [0.1, 0.15) is 5.69 Å². The molecule has 1 saturated carbocycles. The smallest absolute Gasteiger partial charge is 0.275 e. The maximum atomic E-state index is 12.3. The van der Waals surface area contributed by atoms with E-state index in [1.165, 1.54) is 11.3 Å². The molecule has 5 nitrogen and oxygen atoms in total. The Morgan fingerprint density at radius 1 is 1.48 bits per heavy atom. The number of thiazole rings is 1. The quantitative estimate of drug-likeness (QED) is 0.914. The first kappa shape index (κ1) is 14.4. The first-order chi connectivity index (χ1) is 9.97. The molecule has 0 saturated heterocycles. The normalized spacial score (nSPS) is 18.8. The fourth-order valence-electron chi connectivity index (χ4n) is 2.81. The highest BCUT2D eigenvalue weighted by Gasteiger charge is 2.28. The summed E-state index contributed by atoms with van der Waals surface area (Å²) in [6.07, 6.45) is 4.44. The number of hydrogen-bond donors (Lipinski definition) is 2. The number of aromatic nitrogens is 2. The molecule has 1 fully saturated rings. The van der Waals surface area contributed by atoms with E-state index in [-0.39, 0.29) is 11.9 Å². The Bertz CT molecular complexity index is 617. The summed E-state index contributed by atoms with van der Waals surface area (Å²) in [5.41, 5.74) is 1.71. The van der Waals surface area contributed by atoms with Crippen molar-refractivity contribution in [3.8, 4) is 5.19 Å². The summed E-state index contributed by atoms with van der Waals surface area (Å²) in [5.74, 6) is -0.0381. The molecular weight excluding hydrogens is 286 g/mol. The third kappa shape index (κ3) is 3.05. The number of H-pyrrole nitrogens is 1. The van der Waals surface area contributed by atoms with Crippen molar-refractivity contribution < 1.29 is 9.53 Å². The number of nitrogens with one attached hydrogen (secondary N) is 2. The van der Waals surface area contributed by atoms with Gasteiger partial charge in [-0.1, -0.05) is 25.2 Å². The number of aromatic amines is 1. The molecule has 0 spiro atoms. The second-order valence-corrected chi connectivity index (χ2v) is 7.48. The van der Waals surface area contributed by atoms with Gasteiger partial charge in [0.05, 0.1) is 11.8 Å². The standard InChI is InChI=1S/C15H21N3O2S/c1-15(2)6-4-9(5-7-15)16-13(19)10-8-11-12(17-10)18-14(20-3)21-11/h8-9,17H,4-7H2,1-3H3,(H,16,19). The molecule has 0 aromatic carbocycles. The molecule has 6 heteroatoms. The molecule has 2 heterocycles. The van der Waals surface area contributed by atoms with Crippen molar-refractivity contribution in [1.29, 1.82) is 0 Å². The van der Waals surface area contributed by atoms with Crippen molar-refractivity contribution in [3.63, 3.8) is 0 Å². The largest absolute Gasteiger partial charge is 0.473 e. The fraction of sp³-hybridized carbons (Fsp3) is 0.600. The SMILES string of the molecule is COc1nc2[nH]c(C(=O)NC3CCC(C)(C)CC3)cc2s1. The molecule has 1 aliphatic carbocycles. The van der Waals surface area contributed by atoms with Gasteiger partial charge in [0, 0.05) is 6.04 Å². The average Bonchev–Trinajstić information content (AvgIpc) is 2.99. The Morgan fingerprint density at radius 2 is 2.19 bits per heavy atom. The summed E-state index contributed by atoms with van der Waals surface area (Å²) in [7, 11) is 1.59. The fourth-order valence-corrected chi connectivity index (χ4v) is 3.59. The van der Waals surface area contributed by atoms with Gasteiger partial charge in [0.2, 0.25) is 0 Å². The van der Waals surface area contributed by atoms with Gasteiger partial charge in [0.25, 0.3) is 11.1 Å². The van der Waals surface area contributed by atoms with E-state index in [4.69, 9.17) is 4.74 Å². The number of carbonyl (C=O) groups is 1. The molecule has 0 radical (unpaired) electrons. The number of ether oxygens (including phenoxy) is 1. The number of amides is 1. The molecule has 2 aromatic rings. The van der Waals surface area contributed by atoms with E-state index in [2.05, 4.69) is 29.1 Å². The van der Waals surface area contributed by atoms with E-state index in [0.29, 0.717) is 21.9 Å². The second-order valence-electron chi connectivity index (χ2n) is 6.49. The minimum atomic E-state index is -0.0381. The summed E-state index contributed by atoms with van der Waals surface area (Å²) in [5, 5.41) is 3.74. The van der Waals surface area contributed by atoms with E-state index >= 15 is 0 Å². The molecule has 1 aliphatic rings. The van der Waals surface area contributed by atoms with Crippen LogP contribution in [0.1, 0.15) is 50.0 Å². The van der Waals surface area contributed by atoms with Gasteiger partial charge in [0.15, 0.2) is 5.65 Å². The molecular formula is C15H21N3O2S. The van der Waals surface area contributed by atoms with Crippen LogP contribution in [-0.2, 0) is 0 Å². The van der Waals surface area contributed by atoms with E-state index in [1.807, 2.05) is 6.07 Å². The van der Waals surface area contributed by atoms with Crippen LogP contribution in [-0.4, -0.2) is 29.0 Å². The highest BCUT2D eigenvalue weighted by Crippen LogP contribution is 2.35. The molecule has 0 unspecified atom stereocenters. The molecule has 114 valence electrons.